The van der Waals surface area contributed by atoms with Crippen molar-refractivity contribution in [3.63, 3.8) is 0 Å². The van der Waals surface area contributed by atoms with Gasteiger partial charge in [-0.3, -0.25) is 0 Å². The number of pyridine rings is 1. The van der Waals surface area contributed by atoms with Gasteiger partial charge >= 0.3 is 0 Å². The van der Waals surface area contributed by atoms with Crippen molar-refractivity contribution in [2.75, 3.05) is 12.8 Å². The fourth-order valence-corrected chi connectivity index (χ4v) is 4.50. The van der Waals surface area contributed by atoms with Crippen LogP contribution in [0.3, 0.4) is 0 Å². The van der Waals surface area contributed by atoms with E-state index in [1.165, 1.54) is 0 Å². The minimum atomic E-state index is -1.79. The first-order valence-corrected chi connectivity index (χ1v) is 11.8. The summed E-state index contributed by atoms with van der Waals surface area (Å²) in [4.78, 5) is 0. The standard InChI is InChI=1S/C19H33N3O2Si/c1-18(2,3)25(7,8)24-19(4,5)10-9-14-11-15-12-16(20)17(23-6)13-22(15)21-14/h11-13H,9-10,20H2,1-8H3. The fourth-order valence-electron chi connectivity index (χ4n) is 2.71. The number of nitrogen functional groups attached to an aromatic ring is 1. The Morgan fingerprint density at radius 3 is 2.36 bits per heavy atom. The fraction of sp³-hybridized carbons (Fsp3) is 0.632. The number of nitrogens with zero attached hydrogens (tertiary/aromatic N) is 2. The second-order valence-corrected chi connectivity index (χ2v) is 13.6. The van der Waals surface area contributed by atoms with Gasteiger partial charge in [-0.2, -0.15) is 5.10 Å². The van der Waals surface area contributed by atoms with Crippen molar-refractivity contribution in [3.8, 4) is 5.75 Å². The Bertz CT molecular complexity index is 745. The SMILES string of the molecule is COc1cn2nc(CCC(C)(C)O[Si](C)(C)C(C)(C)C)cc2cc1N. The molecule has 0 bridgehead atoms. The highest BCUT2D eigenvalue weighted by Crippen LogP contribution is 2.40. The van der Waals surface area contributed by atoms with Crippen molar-refractivity contribution in [1.29, 1.82) is 0 Å². The van der Waals surface area contributed by atoms with Crippen LogP contribution in [0.1, 0.15) is 46.7 Å². The Morgan fingerprint density at radius 1 is 1.16 bits per heavy atom. The molecule has 0 aliphatic carbocycles. The molecule has 0 aliphatic heterocycles. The number of aromatic nitrogens is 2. The lowest BCUT2D eigenvalue weighted by molar-refractivity contribution is 0.0824. The van der Waals surface area contributed by atoms with Crippen LogP contribution in [0.15, 0.2) is 18.3 Å². The number of anilines is 1. The summed E-state index contributed by atoms with van der Waals surface area (Å²) in [6.07, 6.45) is 3.62. The molecule has 0 atom stereocenters. The molecule has 2 aromatic heterocycles. The second-order valence-electron chi connectivity index (χ2n) is 8.92. The molecule has 0 aliphatic rings. The number of hydrogen-bond acceptors (Lipinski definition) is 4. The van der Waals surface area contributed by atoms with E-state index in [4.69, 9.17) is 14.9 Å². The van der Waals surface area contributed by atoms with Gasteiger partial charge in [0.1, 0.15) is 0 Å². The Hall–Kier alpha value is -1.53. The first kappa shape index (κ1) is 19.8. The molecule has 0 spiro atoms. The van der Waals surface area contributed by atoms with Crippen LogP contribution >= 0.6 is 0 Å². The zero-order valence-electron chi connectivity index (χ0n) is 16.9. The first-order chi connectivity index (χ1) is 11.3. The molecule has 2 aromatic rings. The van der Waals surface area contributed by atoms with Crippen molar-refractivity contribution < 1.29 is 9.16 Å². The quantitative estimate of drug-likeness (QED) is 0.758. The Morgan fingerprint density at radius 2 is 1.80 bits per heavy atom. The maximum Gasteiger partial charge on any atom is 0.192 e. The van der Waals surface area contributed by atoms with Gasteiger partial charge in [-0.15, -0.1) is 0 Å². The van der Waals surface area contributed by atoms with Crippen molar-refractivity contribution in [1.82, 2.24) is 9.61 Å². The summed E-state index contributed by atoms with van der Waals surface area (Å²) >= 11 is 0. The van der Waals surface area contributed by atoms with E-state index >= 15 is 0 Å². The van der Waals surface area contributed by atoms with E-state index in [0.29, 0.717) is 11.4 Å². The predicted molar refractivity (Wildman–Crippen MR) is 107 cm³/mol. The molecule has 6 heteroatoms. The van der Waals surface area contributed by atoms with Crippen molar-refractivity contribution in [2.45, 2.75) is 71.2 Å². The molecule has 140 valence electrons. The van der Waals surface area contributed by atoms with Gasteiger partial charge < -0.3 is 14.9 Å². The van der Waals surface area contributed by atoms with E-state index in [1.54, 1.807) is 7.11 Å². The Balaban J connectivity index is 2.11. The highest BCUT2D eigenvalue weighted by molar-refractivity contribution is 6.74. The topological polar surface area (TPSA) is 61.8 Å². The molecular weight excluding hydrogens is 330 g/mol. The molecule has 0 fully saturated rings. The molecule has 0 saturated heterocycles. The average Bonchev–Trinajstić information content (AvgIpc) is 2.83. The van der Waals surface area contributed by atoms with Crippen molar-refractivity contribution in [3.05, 3.63) is 24.0 Å². The largest absolute Gasteiger partial charge is 0.493 e. The second kappa shape index (κ2) is 6.65. The number of rotatable bonds is 6. The minimum Gasteiger partial charge on any atom is -0.493 e. The number of ether oxygens (including phenoxy) is 1. The van der Waals surface area contributed by atoms with E-state index in [2.05, 4.69) is 58.9 Å². The zero-order valence-corrected chi connectivity index (χ0v) is 17.9. The summed E-state index contributed by atoms with van der Waals surface area (Å²) in [5.74, 6) is 0.642. The summed E-state index contributed by atoms with van der Waals surface area (Å²) in [7, 11) is -0.175. The number of fused-ring (bicyclic) bond motifs is 1. The number of nitrogens with two attached hydrogens (primary N) is 1. The van der Waals surface area contributed by atoms with Gasteiger partial charge in [0, 0.05) is 0 Å². The third-order valence-corrected chi connectivity index (χ3v) is 9.86. The van der Waals surface area contributed by atoms with Gasteiger partial charge in [-0.25, -0.2) is 4.52 Å². The van der Waals surface area contributed by atoms with Crippen LogP contribution in [0.2, 0.25) is 18.1 Å². The van der Waals surface area contributed by atoms with E-state index in [9.17, 15) is 0 Å². The van der Waals surface area contributed by atoms with Gasteiger partial charge in [0.15, 0.2) is 14.1 Å². The molecule has 5 nitrogen and oxygen atoms in total. The smallest absolute Gasteiger partial charge is 0.192 e. The van der Waals surface area contributed by atoms with Gasteiger partial charge in [0.2, 0.25) is 0 Å². The molecule has 2 rings (SSSR count). The molecule has 2 N–H and O–H groups in total. The molecule has 2 heterocycles. The Labute approximate surface area is 152 Å². The third kappa shape index (κ3) is 4.55. The lowest BCUT2D eigenvalue weighted by Crippen LogP contribution is -2.47. The Kier molecular flexibility index (Phi) is 5.26. The highest BCUT2D eigenvalue weighted by atomic mass is 28.4. The van der Waals surface area contributed by atoms with Gasteiger partial charge in [-0.05, 0) is 57.0 Å². The molecule has 0 amide bonds. The summed E-state index contributed by atoms with van der Waals surface area (Å²) < 4.78 is 13.7. The molecular formula is C19H33N3O2Si. The van der Waals surface area contributed by atoms with Gasteiger partial charge in [0.05, 0.1) is 35.8 Å². The number of aryl methyl sites for hydroxylation is 1. The monoisotopic (exact) mass is 363 g/mol. The molecule has 0 unspecified atom stereocenters. The summed E-state index contributed by atoms with van der Waals surface area (Å²) in [6, 6.07) is 3.98. The maximum absolute atomic E-state index is 6.61. The highest BCUT2D eigenvalue weighted by Gasteiger charge is 2.41. The summed E-state index contributed by atoms with van der Waals surface area (Å²) in [5, 5.41) is 4.86. The van der Waals surface area contributed by atoms with E-state index in [-0.39, 0.29) is 10.6 Å². The van der Waals surface area contributed by atoms with Crippen LogP contribution < -0.4 is 10.5 Å². The molecule has 25 heavy (non-hydrogen) atoms. The normalized spacial score (nSPS) is 13.4. The number of methoxy groups -OCH3 is 1. The lowest BCUT2D eigenvalue weighted by atomic mass is 10.0. The third-order valence-electron chi connectivity index (χ3n) is 5.18. The zero-order chi connectivity index (χ0) is 19.0. The van der Waals surface area contributed by atoms with Gasteiger partial charge in [0.25, 0.3) is 0 Å². The summed E-state index contributed by atoms with van der Waals surface area (Å²) in [6.45, 7) is 15.8. The summed E-state index contributed by atoms with van der Waals surface area (Å²) in [5.41, 5.74) is 8.46. The number of hydrogen-bond donors (Lipinski definition) is 1. The maximum atomic E-state index is 6.61. The van der Waals surface area contributed by atoms with Crippen LogP contribution in [0, 0.1) is 0 Å². The van der Waals surface area contributed by atoms with Crippen molar-refractivity contribution >= 4 is 19.5 Å². The van der Waals surface area contributed by atoms with E-state index < -0.39 is 8.32 Å². The van der Waals surface area contributed by atoms with Gasteiger partial charge in [-0.1, -0.05) is 20.8 Å². The van der Waals surface area contributed by atoms with Crippen LogP contribution in [0.4, 0.5) is 5.69 Å². The van der Waals surface area contributed by atoms with E-state index in [0.717, 1.165) is 24.1 Å². The van der Waals surface area contributed by atoms with Crippen LogP contribution in [-0.4, -0.2) is 30.6 Å². The van der Waals surface area contributed by atoms with Crippen LogP contribution in [0.25, 0.3) is 5.52 Å². The van der Waals surface area contributed by atoms with Crippen LogP contribution in [-0.2, 0) is 10.8 Å². The molecule has 0 saturated carbocycles. The van der Waals surface area contributed by atoms with E-state index in [1.807, 2.05) is 16.8 Å². The van der Waals surface area contributed by atoms with Crippen LogP contribution in [0.5, 0.6) is 5.75 Å². The lowest BCUT2D eigenvalue weighted by Gasteiger charge is -2.42. The minimum absolute atomic E-state index is 0.171. The molecule has 0 aromatic carbocycles. The predicted octanol–water partition coefficient (Wildman–Crippen LogP) is 4.66. The first-order valence-electron chi connectivity index (χ1n) is 8.87. The average molecular weight is 364 g/mol. The molecule has 0 radical (unpaired) electrons. The van der Waals surface area contributed by atoms with Crippen molar-refractivity contribution in [2.24, 2.45) is 0 Å².